The zero-order chi connectivity index (χ0) is 19.4. The first-order chi connectivity index (χ1) is 13.8. The normalized spacial score (nSPS) is 18.9. The predicted octanol–water partition coefficient (Wildman–Crippen LogP) is 2.99. The molecule has 0 spiro atoms. The molecule has 3 rings (SSSR count). The minimum absolute atomic E-state index is 0. The largest absolute Gasteiger partial charge is 0.477 e. The van der Waals surface area contributed by atoms with Crippen LogP contribution in [0.4, 0.5) is 0 Å². The van der Waals surface area contributed by atoms with E-state index in [9.17, 15) is 0 Å². The molecule has 1 aliphatic heterocycles. The maximum Gasteiger partial charge on any atom is 0.213 e. The highest BCUT2D eigenvalue weighted by Gasteiger charge is 2.22. The van der Waals surface area contributed by atoms with Gasteiger partial charge in [0.2, 0.25) is 5.88 Å². The molecule has 2 heterocycles. The third-order valence-electron chi connectivity index (χ3n) is 4.86. The number of halogens is 1. The quantitative estimate of drug-likeness (QED) is 0.192. The summed E-state index contributed by atoms with van der Waals surface area (Å²) in [6, 6.07) is 3.97. The molecule has 1 aromatic rings. The van der Waals surface area contributed by atoms with Crippen molar-refractivity contribution in [3.05, 3.63) is 23.9 Å². The van der Waals surface area contributed by atoms with Crippen molar-refractivity contribution in [3.8, 4) is 5.88 Å². The fourth-order valence-corrected chi connectivity index (χ4v) is 2.97. The summed E-state index contributed by atoms with van der Waals surface area (Å²) in [6.45, 7) is 8.39. The monoisotopic (exact) mass is 518 g/mol. The molecule has 2 aliphatic rings. The van der Waals surface area contributed by atoms with Crippen molar-refractivity contribution in [3.63, 3.8) is 0 Å². The highest BCUT2D eigenvalue weighted by molar-refractivity contribution is 14.0. The van der Waals surface area contributed by atoms with Crippen LogP contribution in [-0.2, 0) is 16.0 Å². The van der Waals surface area contributed by atoms with Crippen molar-refractivity contribution < 1.29 is 14.2 Å². The van der Waals surface area contributed by atoms with E-state index in [0.717, 1.165) is 76.4 Å². The Hall–Kier alpha value is -1.13. The number of nitrogens with zero attached hydrogens (tertiary/aromatic N) is 2. The first kappa shape index (κ1) is 24.1. The van der Waals surface area contributed by atoms with Crippen LogP contribution in [0.5, 0.6) is 5.88 Å². The van der Waals surface area contributed by atoms with Crippen molar-refractivity contribution in [1.82, 2.24) is 15.6 Å². The van der Waals surface area contributed by atoms with Gasteiger partial charge in [0, 0.05) is 44.5 Å². The van der Waals surface area contributed by atoms with E-state index in [2.05, 4.69) is 27.5 Å². The molecule has 1 saturated heterocycles. The Morgan fingerprint density at radius 2 is 2.14 bits per heavy atom. The summed E-state index contributed by atoms with van der Waals surface area (Å²) < 4.78 is 16.9. The summed E-state index contributed by atoms with van der Waals surface area (Å²) in [5, 5.41) is 6.66. The molecule has 1 aromatic heterocycles. The Labute approximate surface area is 191 Å². The van der Waals surface area contributed by atoms with E-state index in [4.69, 9.17) is 14.2 Å². The van der Waals surface area contributed by atoms with Crippen LogP contribution in [0.2, 0.25) is 0 Å². The highest BCUT2D eigenvalue weighted by Crippen LogP contribution is 2.29. The lowest BCUT2D eigenvalue weighted by atomic mass is 10.1. The molecule has 29 heavy (non-hydrogen) atoms. The molecule has 2 fully saturated rings. The molecule has 0 radical (unpaired) electrons. The van der Waals surface area contributed by atoms with Gasteiger partial charge in [0.15, 0.2) is 5.96 Å². The fraction of sp³-hybridized carbons (Fsp3) is 0.714. The van der Waals surface area contributed by atoms with Gasteiger partial charge in [-0.1, -0.05) is 0 Å². The second-order valence-corrected chi connectivity index (χ2v) is 7.54. The lowest BCUT2D eigenvalue weighted by Crippen LogP contribution is -2.38. The summed E-state index contributed by atoms with van der Waals surface area (Å²) in [5.74, 6) is 2.82. The van der Waals surface area contributed by atoms with E-state index in [1.165, 1.54) is 12.8 Å². The zero-order valence-electron chi connectivity index (χ0n) is 17.4. The van der Waals surface area contributed by atoms with Crippen molar-refractivity contribution in [2.24, 2.45) is 16.8 Å². The molecule has 8 heteroatoms. The van der Waals surface area contributed by atoms with Gasteiger partial charge in [0.25, 0.3) is 0 Å². The fourth-order valence-electron chi connectivity index (χ4n) is 2.97. The Bertz CT molecular complexity index is 607. The van der Waals surface area contributed by atoms with Gasteiger partial charge in [-0.15, -0.1) is 24.0 Å². The molecule has 1 unspecified atom stereocenters. The van der Waals surface area contributed by atoms with Gasteiger partial charge >= 0.3 is 0 Å². The summed E-state index contributed by atoms with van der Waals surface area (Å²) in [7, 11) is 0. The second kappa shape index (κ2) is 14.0. The van der Waals surface area contributed by atoms with E-state index >= 15 is 0 Å². The van der Waals surface area contributed by atoms with Gasteiger partial charge in [0.05, 0.1) is 26.4 Å². The van der Waals surface area contributed by atoms with Crippen LogP contribution in [0.25, 0.3) is 0 Å². The number of ether oxygens (including phenoxy) is 3. The maximum absolute atomic E-state index is 5.75. The summed E-state index contributed by atoms with van der Waals surface area (Å²) >= 11 is 0. The second-order valence-electron chi connectivity index (χ2n) is 7.54. The highest BCUT2D eigenvalue weighted by atomic mass is 127. The number of aromatic nitrogens is 1. The smallest absolute Gasteiger partial charge is 0.213 e. The number of guanidine groups is 1. The molecule has 0 amide bonds. The number of hydrogen-bond acceptors (Lipinski definition) is 5. The van der Waals surface area contributed by atoms with Crippen molar-refractivity contribution in [1.29, 1.82) is 0 Å². The van der Waals surface area contributed by atoms with Gasteiger partial charge < -0.3 is 24.8 Å². The van der Waals surface area contributed by atoms with E-state index in [1.54, 1.807) is 6.20 Å². The average Bonchev–Trinajstić information content (AvgIpc) is 3.40. The molecular formula is C21H35IN4O3. The molecule has 2 N–H and O–H groups in total. The lowest BCUT2D eigenvalue weighted by Gasteiger charge is -2.12. The summed E-state index contributed by atoms with van der Waals surface area (Å²) in [5.41, 5.74) is 1.10. The Kier molecular flexibility index (Phi) is 11.6. The third-order valence-corrected chi connectivity index (χ3v) is 4.86. The van der Waals surface area contributed by atoms with Crippen LogP contribution in [0, 0.1) is 11.8 Å². The first-order valence-corrected chi connectivity index (χ1v) is 10.6. The lowest BCUT2D eigenvalue weighted by molar-refractivity contribution is 0.0888. The minimum Gasteiger partial charge on any atom is -0.477 e. The van der Waals surface area contributed by atoms with Crippen LogP contribution < -0.4 is 15.4 Å². The Balaban J connectivity index is 0.00000300. The molecule has 0 bridgehead atoms. The standard InChI is InChI=1S/C21H34N4O3.HI/c1-2-22-21(24-8-3-10-26-14-19-7-11-27-15-19)25-13-18-6-9-23-20(12-18)28-16-17-4-5-17;/h6,9,12,17,19H,2-5,7-8,10-11,13-16H2,1H3,(H2,22,24,25);1H. The summed E-state index contributed by atoms with van der Waals surface area (Å²) in [4.78, 5) is 8.95. The molecule has 1 atom stereocenters. The Morgan fingerprint density at radius 3 is 2.90 bits per heavy atom. The van der Waals surface area contributed by atoms with Crippen LogP contribution in [0.1, 0.15) is 38.2 Å². The average molecular weight is 518 g/mol. The van der Waals surface area contributed by atoms with Gasteiger partial charge in [-0.25, -0.2) is 9.98 Å². The van der Waals surface area contributed by atoms with Crippen LogP contribution in [-0.4, -0.2) is 57.1 Å². The third kappa shape index (κ3) is 9.95. The number of hydrogen-bond donors (Lipinski definition) is 2. The van der Waals surface area contributed by atoms with Gasteiger partial charge in [-0.05, 0) is 50.2 Å². The predicted molar refractivity (Wildman–Crippen MR) is 125 cm³/mol. The van der Waals surface area contributed by atoms with E-state index in [-0.39, 0.29) is 24.0 Å². The topological polar surface area (TPSA) is 77.0 Å². The van der Waals surface area contributed by atoms with E-state index in [0.29, 0.717) is 18.3 Å². The first-order valence-electron chi connectivity index (χ1n) is 10.6. The summed E-state index contributed by atoms with van der Waals surface area (Å²) in [6.07, 6.45) is 6.42. The maximum atomic E-state index is 5.75. The SMILES string of the molecule is CCNC(=NCc1ccnc(OCC2CC2)c1)NCCCOCC1CCOC1.I. The minimum atomic E-state index is 0. The number of rotatable bonds is 12. The number of aliphatic imine (C=N–C) groups is 1. The van der Waals surface area contributed by atoms with Crippen molar-refractivity contribution in [2.75, 3.05) is 46.1 Å². The van der Waals surface area contributed by atoms with Crippen molar-refractivity contribution in [2.45, 2.75) is 39.2 Å². The molecule has 0 aromatic carbocycles. The molecule has 1 aliphatic carbocycles. The van der Waals surface area contributed by atoms with E-state index < -0.39 is 0 Å². The zero-order valence-corrected chi connectivity index (χ0v) is 19.7. The van der Waals surface area contributed by atoms with Crippen molar-refractivity contribution >= 4 is 29.9 Å². The molecular weight excluding hydrogens is 483 g/mol. The van der Waals surface area contributed by atoms with Crippen LogP contribution in [0.15, 0.2) is 23.3 Å². The van der Waals surface area contributed by atoms with Crippen LogP contribution >= 0.6 is 24.0 Å². The number of pyridine rings is 1. The Morgan fingerprint density at radius 1 is 1.24 bits per heavy atom. The van der Waals surface area contributed by atoms with Crippen LogP contribution in [0.3, 0.4) is 0 Å². The van der Waals surface area contributed by atoms with E-state index in [1.807, 2.05) is 12.1 Å². The van der Waals surface area contributed by atoms with Gasteiger partial charge in [-0.3, -0.25) is 0 Å². The van der Waals surface area contributed by atoms with Gasteiger partial charge in [0.1, 0.15) is 0 Å². The molecule has 7 nitrogen and oxygen atoms in total. The van der Waals surface area contributed by atoms with Gasteiger partial charge in [-0.2, -0.15) is 0 Å². The number of nitrogens with one attached hydrogen (secondary N) is 2. The molecule has 164 valence electrons. The molecule has 1 saturated carbocycles.